The summed E-state index contributed by atoms with van der Waals surface area (Å²) in [6, 6.07) is 17.2. The molecular weight excluding hydrogens is 432 g/mol. The summed E-state index contributed by atoms with van der Waals surface area (Å²) in [4.78, 5) is 18.8. The molecule has 2 fully saturated rings. The molecule has 0 N–H and O–H groups in total. The first-order valence-electron chi connectivity index (χ1n) is 10.2. The molecule has 1 amide bonds. The van der Waals surface area contributed by atoms with Gasteiger partial charge in [-0.25, -0.2) is 8.42 Å². The highest BCUT2D eigenvalue weighted by Gasteiger charge is 2.49. The minimum atomic E-state index is -3.10. The summed E-state index contributed by atoms with van der Waals surface area (Å²) in [6.45, 7) is 5.95. The van der Waals surface area contributed by atoms with E-state index in [1.165, 1.54) is 11.8 Å². The van der Waals surface area contributed by atoms with Crippen molar-refractivity contribution in [2.75, 3.05) is 16.4 Å². The number of amides is 1. The second-order valence-corrected chi connectivity index (χ2v) is 12.2. The number of ether oxygens (including phenoxy) is 1. The van der Waals surface area contributed by atoms with Gasteiger partial charge < -0.3 is 9.64 Å². The summed E-state index contributed by atoms with van der Waals surface area (Å²) in [6.07, 6.45) is 0. The van der Waals surface area contributed by atoms with Crippen molar-refractivity contribution in [3.63, 3.8) is 0 Å². The van der Waals surface area contributed by atoms with Gasteiger partial charge in [-0.05, 0) is 29.8 Å². The van der Waals surface area contributed by atoms with Crippen molar-refractivity contribution in [2.24, 2.45) is 10.4 Å². The maximum Gasteiger partial charge on any atom is 0.253 e. The zero-order valence-electron chi connectivity index (χ0n) is 17.8. The Hall–Kier alpha value is -2.32. The van der Waals surface area contributed by atoms with Gasteiger partial charge in [-0.3, -0.25) is 4.79 Å². The number of thioether (sulfide) groups is 1. The Kier molecular flexibility index (Phi) is 5.87. The highest BCUT2D eigenvalue weighted by molar-refractivity contribution is 8.16. The van der Waals surface area contributed by atoms with Crippen LogP contribution >= 0.6 is 11.8 Å². The standard InChI is InChI=1S/C23H26N2O4S2/c1-23(2,3)21(26)24-22-25(19-14-31(27,28)15-20(19)30-22)17-9-11-18(12-10-17)29-13-16-7-5-4-6-8-16/h4-12,19-20H,13-15H2,1-3H3. The quantitative estimate of drug-likeness (QED) is 0.691. The lowest BCUT2D eigenvalue weighted by atomic mass is 9.96. The predicted octanol–water partition coefficient (Wildman–Crippen LogP) is 3.91. The van der Waals surface area contributed by atoms with Gasteiger partial charge in [0.25, 0.3) is 5.91 Å². The third-order valence-corrected chi connectivity index (χ3v) is 8.48. The molecule has 2 saturated heterocycles. The fourth-order valence-corrected chi connectivity index (χ4v) is 7.48. The van der Waals surface area contributed by atoms with Gasteiger partial charge in [-0.1, -0.05) is 62.9 Å². The molecule has 2 aromatic carbocycles. The number of fused-ring (bicyclic) bond motifs is 1. The van der Waals surface area contributed by atoms with E-state index in [9.17, 15) is 13.2 Å². The van der Waals surface area contributed by atoms with Crippen LogP contribution in [-0.4, -0.2) is 42.3 Å². The Bertz CT molecular complexity index is 1090. The summed E-state index contributed by atoms with van der Waals surface area (Å²) in [5.74, 6) is 0.685. The Morgan fingerprint density at radius 1 is 1.10 bits per heavy atom. The van der Waals surface area contributed by atoms with Crippen LogP contribution in [0.3, 0.4) is 0 Å². The first kappa shape index (κ1) is 21.9. The molecule has 164 valence electrons. The van der Waals surface area contributed by atoms with Crippen LogP contribution in [0.2, 0.25) is 0 Å². The molecule has 0 aliphatic carbocycles. The van der Waals surface area contributed by atoms with Gasteiger partial charge in [-0.15, -0.1) is 0 Å². The van der Waals surface area contributed by atoms with Crippen molar-refractivity contribution < 1.29 is 17.9 Å². The van der Waals surface area contributed by atoms with Gasteiger partial charge in [0.15, 0.2) is 15.0 Å². The second kappa shape index (κ2) is 8.31. The van der Waals surface area contributed by atoms with Gasteiger partial charge in [0, 0.05) is 16.4 Å². The molecule has 2 heterocycles. The molecule has 8 heteroatoms. The molecule has 0 bridgehead atoms. The molecule has 0 aromatic heterocycles. The summed E-state index contributed by atoms with van der Waals surface area (Å²) >= 11 is 1.39. The van der Waals surface area contributed by atoms with E-state index in [1.807, 2.05) is 80.3 Å². The van der Waals surface area contributed by atoms with Crippen molar-refractivity contribution in [1.82, 2.24) is 0 Å². The highest BCUT2D eigenvalue weighted by Crippen LogP contribution is 2.41. The monoisotopic (exact) mass is 458 g/mol. The van der Waals surface area contributed by atoms with Gasteiger partial charge in [0.05, 0.1) is 17.5 Å². The van der Waals surface area contributed by atoms with E-state index in [2.05, 4.69) is 4.99 Å². The van der Waals surface area contributed by atoms with Gasteiger partial charge in [-0.2, -0.15) is 4.99 Å². The molecular formula is C23H26N2O4S2. The van der Waals surface area contributed by atoms with Crippen molar-refractivity contribution in [3.8, 4) is 5.75 Å². The van der Waals surface area contributed by atoms with Crippen LogP contribution < -0.4 is 9.64 Å². The number of aliphatic imine (C=N–C) groups is 1. The third-order valence-electron chi connectivity index (χ3n) is 5.27. The summed E-state index contributed by atoms with van der Waals surface area (Å²) in [5, 5.41) is 0.452. The minimum Gasteiger partial charge on any atom is -0.489 e. The van der Waals surface area contributed by atoms with Crippen molar-refractivity contribution in [2.45, 2.75) is 38.7 Å². The average molecular weight is 459 g/mol. The van der Waals surface area contributed by atoms with Crippen LogP contribution in [0.5, 0.6) is 5.75 Å². The lowest BCUT2D eigenvalue weighted by molar-refractivity contribution is -0.124. The van der Waals surface area contributed by atoms with Gasteiger partial charge >= 0.3 is 0 Å². The Morgan fingerprint density at radius 2 is 1.77 bits per heavy atom. The molecule has 31 heavy (non-hydrogen) atoms. The van der Waals surface area contributed by atoms with Crippen LogP contribution in [0.4, 0.5) is 5.69 Å². The number of hydrogen-bond donors (Lipinski definition) is 0. The van der Waals surface area contributed by atoms with Crippen molar-refractivity contribution in [1.29, 1.82) is 0 Å². The van der Waals surface area contributed by atoms with E-state index in [0.29, 0.717) is 11.8 Å². The molecule has 2 unspecified atom stereocenters. The molecule has 0 spiro atoms. The zero-order valence-corrected chi connectivity index (χ0v) is 19.4. The van der Waals surface area contributed by atoms with Crippen LogP contribution in [0.1, 0.15) is 26.3 Å². The fourth-order valence-electron chi connectivity index (χ4n) is 3.56. The zero-order chi connectivity index (χ0) is 22.2. The molecule has 2 aliphatic heterocycles. The van der Waals surface area contributed by atoms with Crippen LogP contribution in [0.25, 0.3) is 0 Å². The molecule has 2 aliphatic rings. The third kappa shape index (κ3) is 4.96. The summed E-state index contributed by atoms with van der Waals surface area (Å²) < 4.78 is 30.3. The van der Waals surface area contributed by atoms with E-state index in [0.717, 1.165) is 17.0 Å². The molecule has 2 aromatic rings. The first-order chi connectivity index (χ1) is 14.6. The minimum absolute atomic E-state index is 0.0691. The van der Waals surface area contributed by atoms with E-state index in [4.69, 9.17) is 4.74 Å². The summed E-state index contributed by atoms with van der Waals surface area (Å²) in [7, 11) is -3.10. The smallest absolute Gasteiger partial charge is 0.253 e. The maximum atomic E-state index is 12.6. The largest absolute Gasteiger partial charge is 0.489 e. The Balaban J connectivity index is 1.57. The maximum absolute atomic E-state index is 12.6. The van der Waals surface area contributed by atoms with E-state index in [1.54, 1.807) is 0 Å². The molecule has 4 rings (SSSR count). The van der Waals surface area contributed by atoms with Crippen molar-refractivity contribution in [3.05, 3.63) is 60.2 Å². The lowest BCUT2D eigenvalue weighted by Gasteiger charge is -2.25. The van der Waals surface area contributed by atoms with Gasteiger partial charge in [0.2, 0.25) is 0 Å². The topological polar surface area (TPSA) is 76.0 Å². The number of rotatable bonds is 4. The van der Waals surface area contributed by atoms with E-state index >= 15 is 0 Å². The first-order valence-corrected chi connectivity index (χ1v) is 12.9. The number of anilines is 1. The number of sulfone groups is 1. The van der Waals surface area contributed by atoms with E-state index in [-0.39, 0.29) is 28.7 Å². The normalized spacial score (nSPS) is 23.7. The average Bonchev–Trinajstić information content (AvgIpc) is 3.17. The van der Waals surface area contributed by atoms with Crippen molar-refractivity contribution >= 4 is 38.4 Å². The number of nitrogens with zero attached hydrogens (tertiary/aromatic N) is 2. The molecule has 0 saturated carbocycles. The molecule has 6 nitrogen and oxygen atoms in total. The molecule has 2 atom stereocenters. The predicted molar refractivity (Wildman–Crippen MR) is 125 cm³/mol. The SMILES string of the molecule is CC(C)(C)C(=O)N=C1SC2CS(=O)(=O)CC2N1c1ccc(OCc2ccccc2)cc1. The number of benzene rings is 2. The highest BCUT2D eigenvalue weighted by atomic mass is 32.2. The Labute approximate surface area is 187 Å². The fraction of sp³-hybridized carbons (Fsp3) is 0.391. The lowest BCUT2D eigenvalue weighted by Crippen LogP contribution is -2.38. The number of carbonyl (C=O) groups excluding carboxylic acids is 1. The van der Waals surface area contributed by atoms with E-state index < -0.39 is 15.3 Å². The number of amidine groups is 1. The van der Waals surface area contributed by atoms with Gasteiger partial charge in [0.1, 0.15) is 12.4 Å². The number of carbonyl (C=O) groups is 1. The van der Waals surface area contributed by atoms with Crippen LogP contribution in [0, 0.1) is 5.41 Å². The van der Waals surface area contributed by atoms with Crippen LogP contribution in [0.15, 0.2) is 59.6 Å². The number of hydrogen-bond acceptors (Lipinski definition) is 5. The van der Waals surface area contributed by atoms with Crippen LogP contribution in [-0.2, 0) is 21.2 Å². The Morgan fingerprint density at radius 3 is 2.42 bits per heavy atom. The summed E-state index contributed by atoms with van der Waals surface area (Å²) in [5.41, 5.74) is 1.29. The second-order valence-electron chi connectivity index (χ2n) is 8.89. The molecule has 0 radical (unpaired) electrons.